The van der Waals surface area contributed by atoms with Crippen molar-refractivity contribution in [1.82, 2.24) is 14.7 Å². The molecular formula is C21H20FN3O2. The first kappa shape index (κ1) is 17.3. The minimum absolute atomic E-state index is 0.0295. The van der Waals surface area contributed by atoms with E-state index in [9.17, 15) is 9.18 Å². The predicted octanol–water partition coefficient (Wildman–Crippen LogP) is 3.65. The Morgan fingerprint density at radius 3 is 2.63 bits per heavy atom. The fraction of sp³-hybridized carbons (Fsp3) is 0.238. The molecule has 0 radical (unpaired) electrons. The molecule has 0 spiro atoms. The largest absolute Gasteiger partial charge is 0.487 e. The molecule has 1 atom stereocenters. The van der Waals surface area contributed by atoms with E-state index in [1.807, 2.05) is 42.2 Å². The number of carbonyl (C=O) groups is 1. The third-order valence-corrected chi connectivity index (χ3v) is 4.68. The fourth-order valence-corrected chi connectivity index (χ4v) is 3.24. The number of nitrogens with zero attached hydrogens (tertiary/aromatic N) is 3. The standard InChI is InChI=1S/C21H20FN3O2/c1-15-12-25-20(21(26)24(15)13-16-5-3-2-4-6-16)11-18(23-25)14-27-19-9-7-17(22)8-10-19/h2-11,15H,12-14H2,1H3/t15-/m1/s1. The maximum absolute atomic E-state index is 13.0. The number of hydrogen-bond acceptors (Lipinski definition) is 3. The van der Waals surface area contributed by atoms with Gasteiger partial charge in [-0.25, -0.2) is 4.39 Å². The SMILES string of the molecule is C[C@@H]1Cn2nc(COc3ccc(F)cc3)cc2C(=O)N1Cc1ccccc1. The van der Waals surface area contributed by atoms with E-state index in [0.29, 0.717) is 30.2 Å². The molecule has 0 unspecified atom stereocenters. The van der Waals surface area contributed by atoms with Crippen molar-refractivity contribution in [3.8, 4) is 5.75 Å². The van der Waals surface area contributed by atoms with Gasteiger partial charge in [0.1, 0.15) is 29.6 Å². The molecule has 27 heavy (non-hydrogen) atoms. The summed E-state index contributed by atoms with van der Waals surface area (Å²) in [5.41, 5.74) is 2.35. The van der Waals surface area contributed by atoms with Crippen LogP contribution in [0.5, 0.6) is 5.75 Å². The number of benzene rings is 2. The third kappa shape index (κ3) is 3.69. The van der Waals surface area contributed by atoms with Crippen LogP contribution in [-0.4, -0.2) is 26.6 Å². The third-order valence-electron chi connectivity index (χ3n) is 4.68. The van der Waals surface area contributed by atoms with Crippen molar-refractivity contribution < 1.29 is 13.9 Å². The monoisotopic (exact) mass is 365 g/mol. The van der Waals surface area contributed by atoms with E-state index < -0.39 is 0 Å². The molecule has 5 nitrogen and oxygen atoms in total. The van der Waals surface area contributed by atoms with Crippen molar-refractivity contribution in [2.75, 3.05) is 0 Å². The summed E-state index contributed by atoms with van der Waals surface area (Å²) in [6.07, 6.45) is 0. The van der Waals surface area contributed by atoms with Crippen LogP contribution in [0.2, 0.25) is 0 Å². The molecule has 0 bridgehead atoms. The molecule has 4 rings (SSSR count). The van der Waals surface area contributed by atoms with Crippen molar-refractivity contribution in [2.45, 2.75) is 32.7 Å². The molecule has 0 fully saturated rings. The van der Waals surface area contributed by atoms with Gasteiger partial charge in [-0.15, -0.1) is 0 Å². The summed E-state index contributed by atoms with van der Waals surface area (Å²) in [7, 11) is 0. The molecule has 0 saturated heterocycles. The Balaban J connectivity index is 1.48. The summed E-state index contributed by atoms with van der Waals surface area (Å²) in [6, 6.07) is 17.6. The van der Waals surface area contributed by atoms with Crippen LogP contribution in [0.1, 0.15) is 28.7 Å². The van der Waals surface area contributed by atoms with Crippen LogP contribution < -0.4 is 4.74 Å². The van der Waals surface area contributed by atoms with Gasteiger partial charge in [0.25, 0.3) is 5.91 Å². The van der Waals surface area contributed by atoms with Crippen molar-refractivity contribution in [2.24, 2.45) is 0 Å². The molecule has 138 valence electrons. The van der Waals surface area contributed by atoms with Crippen LogP contribution in [0.4, 0.5) is 4.39 Å². The number of hydrogen-bond donors (Lipinski definition) is 0. The molecule has 0 aliphatic carbocycles. The van der Waals surface area contributed by atoms with E-state index in [4.69, 9.17) is 4.74 Å². The second-order valence-corrected chi connectivity index (χ2v) is 6.71. The summed E-state index contributed by atoms with van der Waals surface area (Å²) in [6.45, 7) is 3.48. The fourth-order valence-electron chi connectivity index (χ4n) is 3.24. The molecule has 2 aromatic carbocycles. The van der Waals surface area contributed by atoms with Gasteiger partial charge in [0.2, 0.25) is 0 Å². The van der Waals surface area contributed by atoms with Crippen LogP contribution in [0.15, 0.2) is 60.7 Å². The molecule has 1 aliphatic rings. The maximum Gasteiger partial charge on any atom is 0.272 e. The van der Waals surface area contributed by atoms with Crippen molar-refractivity contribution >= 4 is 5.91 Å². The van der Waals surface area contributed by atoms with Crippen molar-refractivity contribution in [3.05, 3.63) is 83.4 Å². The lowest BCUT2D eigenvalue weighted by Crippen LogP contribution is -2.46. The predicted molar refractivity (Wildman–Crippen MR) is 98.7 cm³/mol. The van der Waals surface area contributed by atoms with Gasteiger partial charge in [-0.05, 0) is 42.8 Å². The van der Waals surface area contributed by atoms with E-state index in [2.05, 4.69) is 5.10 Å². The molecule has 6 heteroatoms. The maximum atomic E-state index is 13.0. The second kappa shape index (κ2) is 7.23. The number of rotatable bonds is 5. The Morgan fingerprint density at radius 1 is 1.15 bits per heavy atom. The number of aromatic nitrogens is 2. The van der Waals surface area contributed by atoms with E-state index in [1.165, 1.54) is 12.1 Å². The highest BCUT2D eigenvalue weighted by Gasteiger charge is 2.31. The summed E-state index contributed by atoms with van der Waals surface area (Å²) in [4.78, 5) is 14.8. The number of amides is 1. The summed E-state index contributed by atoms with van der Waals surface area (Å²) >= 11 is 0. The van der Waals surface area contributed by atoms with Gasteiger partial charge in [-0.1, -0.05) is 30.3 Å². The van der Waals surface area contributed by atoms with Crippen LogP contribution in [0, 0.1) is 5.82 Å². The minimum Gasteiger partial charge on any atom is -0.487 e. The molecule has 1 aliphatic heterocycles. The number of carbonyl (C=O) groups excluding carboxylic acids is 1. The summed E-state index contributed by atoms with van der Waals surface area (Å²) < 4.78 is 20.4. The molecule has 0 saturated carbocycles. The summed E-state index contributed by atoms with van der Waals surface area (Å²) in [5, 5.41) is 4.50. The number of halogens is 1. The van der Waals surface area contributed by atoms with E-state index in [0.717, 1.165) is 5.56 Å². The van der Waals surface area contributed by atoms with Crippen LogP contribution in [-0.2, 0) is 19.7 Å². The lowest BCUT2D eigenvalue weighted by molar-refractivity contribution is 0.0584. The Kier molecular flexibility index (Phi) is 4.62. The Bertz CT molecular complexity index is 938. The number of fused-ring (bicyclic) bond motifs is 1. The lowest BCUT2D eigenvalue weighted by atomic mass is 10.1. The number of ether oxygens (including phenoxy) is 1. The highest BCUT2D eigenvalue weighted by molar-refractivity contribution is 5.93. The zero-order valence-electron chi connectivity index (χ0n) is 15.0. The van der Waals surface area contributed by atoms with E-state index in [1.54, 1.807) is 22.9 Å². The van der Waals surface area contributed by atoms with Crippen LogP contribution in [0.25, 0.3) is 0 Å². The zero-order valence-corrected chi connectivity index (χ0v) is 15.0. The van der Waals surface area contributed by atoms with Crippen molar-refractivity contribution in [1.29, 1.82) is 0 Å². The normalized spacial score (nSPS) is 16.3. The average Bonchev–Trinajstić information content (AvgIpc) is 3.08. The lowest BCUT2D eigenvalue weighted by Gasteiger charge is -2.33. The van der Waals surface area contributed by atoms with Crippen molar-refractivity contribution in [3.63, 3.8) is 0 Å². The molecular weight excluding hydrogens is 345 g/mol. The molecule has 3 aromatic rings. The van der Waals surface area contributed by atoms with E-state index >= 15 is 0 Å². The zero-order chi connectivity index (χ0) is 18.8. The minimum atomic E-state index is -0.308. The molecule has 2 heterocycles. The smallest absolute Gasteiger partial charge is 0.272 e. The Morgan fingerprint density at radius 2 is 1.89 bits per heavy atom. The van der Waals surface area contributed by atoms with Crippen LogP contribution in [0.3, 0.4) is 0 Å². The molecule has 1 amide bonds. The van der Waals surface area contributed by atoms with E-state index in [-0.39, 0.29) is 24.4 Å². The summed E-state index contributed by atoms with van der Waals surface area (Å²) in [5.74, 6) is 0.226. The van der Waals surface area contributed by atoms with Gasteiger partial charge in [0, 0.05) is 12.6 Å². The first-order valence-corrected chi connectivity index (χ1v) is 8.90. The van der Waals surface area contributed by atoms with Gasteiger partial charge in [0.15, 0.2) is 0 Å². The second-order valence-electron chi connectivity index (χ2n) is 6.71. The quantitative estimate of drug-likeness (QED) is 0.693. The topological polar surface area (TPSA) is 47.4 Å². The molecule has 1 aromatic heterocycles. The van der Waals surface area contributed by atoms with Gasteiger partial charge in [-0.3, -0.25) is 9.48 Å². The van der Waals surface area contributed by atoms with Gasteiger partial charge >= 0.3 is 0 Å². The Labute approximate surface area is 157 Å². The van der Waals surface area contributed by atoms with Gasteiger partial charge in [-0.2, -0.15) is 5.10 Å². The first-order chi connectivity index (χ1) is 13.1. The first-order valence-electron chi connectivity index (χ1n) is 8.90. The Hall–Kier alpha value is -3.15. The van der Waals surface area contributed by atoms with Gasteiger partial charge < -0.3 is 9.64 Å². The van der Waals surface area contributed by atoms with Crippen LogP contribution >= 0.6 is 0 Å². The highest BCUT2D eigenvalue weighted by Crippen LogP contribution is 2.21. The van der Waals surface area contributed by atoms with Gasteiger partial charge in [0.05, 0.1) is 6.54 Å². The molecule has 0 N–H and O–H groups in total. The highest BCUT2D eigenvalue weighted by atomic mass is 19.1. The average molecular weight is 365 g/mol.